The van der Waals surface area contributed by atoms with E-state index in [0.717, 1.165) is 31.9 Å². The van der Waals surface area contributed by atoms with E-state index >= 15 is 0 Å². The van der Waals surface area contributed by atoms with Gasteiger partial charge < -0.3 is 20.0 Å². The van der Waals surface area contributed by atoms with Crippen LogP contribution < -0.4 is 5.32 Å². The maximum absolute atomic E-state index is 12.4. The smallest absolute Gasteiger partial charge is 0.321 e. The molecule has 0 atom stereocenters. The van der Waals surface area contributed by atoms with Crippen molar-refractivity contribution in [2.75, 3.05) is 52.6 Å². The highest BCUT2D eigenvalue weighted by molar-refractivity contribution is 5.89. The summed E-state index contributed by atoms with van der Waals surface area (Å²) in [5, 5.41) is 3.01. The molecule has 0 aliphatic carbocycles. The SMILES string of the molecule is CC(C)c1cccc(NC(=O)N(C)CCN(C)C2CCN(C)CC2)c1. The Morgan fingerprint density at radius 3 is 2.56 bits per heavy atom. The lowest BCUT2D eigenvalue weighted by atomic mass is 10.0. The summed E-state index contributed by atoms with van der Waals surface area (Å²) in [6.07, 6.45) is 2.43. The zero-order valence-electron chi connectivity index (χ0n) is 16.5. The maximum atomic E-state index is 12.4. The molecule has 1 aromatic rings. The molecule has 1 heterocycles. The third-order valence-electron chi connectivity index (χ3n) is 5.25. The number of likely N-dealkylation sites (N-methyl/N-ethyl adjacent to an activating group) is 2. The monoisotopic (exact) mass is 346 g/mol. The van der Waals surface area contributed by atoms with Gasteiger partial charge in [-0.2, -0.15) is 0 Å². The Balaban J connectivity index is 1.79. The summed E-state index contributed by atoms with van der Waals surface area (Å²) in [6.45, 7) is 8.29. The van der Waals surface area contributed by atoms with Gasteiger partial charge in [-0.15, -0.1) is 0 Å². The van der Waals surface area contributed by atoms with Gasteiger partial charge in [-0.3, -0.25) is 0 Å². The number of likely N-dealkylation sites (tertiary alicyclic amines) is 1. The standard InChI is InChI=1S/C20H34N4O/c1-16(2)17-7-6-8-18(15-17)21-20(25)24(5)14-13-23(4)19-9-11-22(3)12-10-19/h6-8,15-16,19H,9-14H2,1-5H3,(H,21,25). The van der Waals surface area contributed by atoms with E-state index in [4.69, 9.17) is 0 Å². The van der Waals surface area contributed by atoms with Crippen LogP contribution in [0.2, 0.25) is 0 Å². The third kappa shape index (κ3) is 6.01. The highest BCUT2D eigenvalue weighted by Crippen LogP contribution is 2.19. The number of rotatable bonds is 6. The van der Waals surface area contributed by atoms with Gasteiger partial charge in [0.15, 0.2) is 0 Å². The maximum Gasteiger partial charge on any atom is 0.321 e. The Kier molecular flexibility index (Phi) is 7.26. The number of nitrogens with zero attached hydrogens (tertiary/aromatic N) is 3. The first-order valence-electron chi connectivity index (χ1n) is 9.37. The van der Waals surface area contributed by atoms with Crippen LogP contribution in [0.25, 0.3) is 0 Å². The van der Waals surface area contributed by atoms with Crippen molar-refractivity contribution in [2.45, 2.75) is 38.6 Å². The Bertz CT molecular complexity index is 552. The van der Waals surface area contributed by atoms with Gasteiger partial charge in [0.1, 0.15) is 0 Å². The third-order valence-corrected chi connectivity index (χ3v) is 5.25. The van der Waals surface area contributed by atoms with E-state index in [-0.39, 0.29) is 6.03 Å². The van der Waals surface area contributed by atoms with E-state index in [9.17, 15) is 4.79 Å². The molecule has 25 heavy (non-hydrogen) atoms. The number of nitrogens with one attached hydrogen (secondary N) is 1. The van der Waals surface area contributed by atoms with Crippen LogP contribution in [-0.4, -0.2) is 74.1 Å². The molecular formula is C20H34N4O. The topological polar surface area (TPSA) is 38.8 Å². The van der Waals surface area contributed by atoms with Crippen molar-refractivity contribution in [3.63, 3.8) is 0 Å². The summed E-state index contributed by atoms with van der Waals surface area (Å²) >= 11 is 0. The molecule has 5 nitrogen and oxygen atoms in total. The second-order valence-electron chi connectivity index (χ2n) is 7.65. The van der Waals surface area contributed by atoms with Crippen LogP contribution in [0.5, 0.6) is 0 Å². The van der Waals surface area contributed by atoms with Crippen LogP contribution in [0.15, 0.2) is 24.3 Å². The number of anilines is 1. The fourth-order valence-electron chi connectivity index (χ4n) is 3.22. The second kappa shape index (κ2) is 9.20. The summed E-state index contributed by atoms with van der Waals surface area (Å²) in [6, 6.07) is 8.69. The molecule has 2 rings (SSSR count). The Morgan fingerprint density at radius 2 is 1.92 bits per heavy atom. The van der Waals surface area contributed by atoms with Crippen molar-refractivity contribution >= 4 is 11.7 Å². The molecule has 0 bridgehead atoms. The molecule has 1 aliphatic heterocycles. The van der Waals surface area contributed by atoms with Crippen LogP contribution in [0, 0.1) is 0 Å². The summed E-state index contributed by atoms with van der Waals surface area (Å²) in [4.78, 5) is 19.0. The molecule has 1 saturated heterocycles. The average Bonchev–Trinajstić information content (AvgIpc) is 2.60. The van der Waals surface area contributed by atoms with Crippen LogP contribution in [0.3, 0.4) is 0 Å². The number of carbonyl (C=O) groups excluding carboxylic acids is 1. The molecule has 0 saturated carbocycles. The van der Waals surface area contributed by atoms with Crippen LogP contribution >= 0.6 is 0 Å². The van der Waals surface area contributed by atoms with Gasteiger partial charge in [-0.05, 0) is 63.6 Å². The van der Waals surface area contributed by atoms with Gasteiger partial charge in [0.05, 0.1) is 0 Å². The summed E-state index contributed by atoms with van der Waals surface area (Å²) in [7, 11) is 6.22. The minimum absolute atomic E-state index is 0.0438. The molecule has 0 spiro atoms. The van der Waals surface area contributed by atoms with Gasteiger partial charge in [0.2, 0.25) is 0 Å². The van der Waals surface area contributed by atoms with Crippen molar-refractivity contribution in [3.05, 3.63) is 29.8 Å². The summed E-state index contributed by atoms with van der Waals surface area (Å²) in [5.74, 6) is 0.456. The fourth-order valence-corrected chi connectivity index (χ4v) is 3.22. The number of urea groups is 1. The first-order valence-corrected chi connectivity index (χ1v) is 9.37. The van der Waals surface area contributed by atoms with Gasteiger partial charge in [-0.25, -0.2) is 4.79 Å². The van der Waals surface area contributed by atoms with E-state index in [2.05, 4.69) is 55.2 Å². The van der Waals surface area contributed by atoms with Crippen molar-refractivity contribution in [3.8, 4) is 0 Å². The van der Waals surface area contributed by atoms with Crippen molar-refractivity contribution < 1.29 is 4.79 Å². The highest BCUT2D eigenvalue weighted by Gasteiger charge is 2.21. The summed E-state index contributed by atoms with van der Waals surface area (Å²) in [5.41, 5.74) is 2.11. The van der Waals surface area contributed by atoms with Gasteiger partial charge in [0, 0.05) is 31.9 Å². The average molecular weight is 347 g/mol. The molecule has 0 radical (unpaired) electrons. The number of amides is 2. The molecule has 140 valence electrons. The fraction of sp³-hybridized carbons (Fsp3) is 0.650. The predicted octanol–water partition coefficient (Wildman–Crippen LogP) is 3.30. The minimum atomic E-state index is -0.0438. The first-order chi connectivity index (χ1) is 11.9. The Morgan fingerprint density at radius 1 is 1.24 bits per heavy atom. The Labute approximate surface area is 153 Å². The van der Waals surface area contributed by atoms with Gasteiger partial charge >= 0.3 is 6.03 Å². The van der Waals surface area contributed by atoms with Crippen molar-refractivity contribution in [1.82, 2.24) is 14.7 Å². The van der Waals surface area contributed by atoms with E-state index in [0.29, 0.717) is 12.0 Å². The van der Waals surface area contributed by atoms with Gasteiger partial charge in [0.25, 0.3) is 0 Å². The molecule has 0 unspecified atom stereocenters. The van der Waals surface area contributed by atoms with E-state index in [1.807, 2.05) is 19.2 Å². The van der Waals surface area contributed by atoms with Crippen LogP contribution in [-0.2, 0) is 0 Å². The van der Waals surface area contributed by atoms with E-state index in [1.54, 1.807) is 4.90 Å². The van der Waals surface area contributed by atoms with Crippen LogP contribution in [0.1, 0.15) is 38.2 Å². The quantitative estimate of drug-likeness (QED) is 0.859. The van der Waals surface area contributed by atoms with Crippen LogP contribution in [0.4, 0.5) is 10.5 Å². The lowest BCUT2D eigenvalue weighted by molar-refractivity contribution is 0.136. The molecule has 1 fully saturated rings. The number of benzene rings is 1. The molecule has 1 aliphatic rings. The molecular weight excluding hydrogens is 312 g/mol. The molecule has 0 aromatic heterocycles. The molecule has 5 heteroatoms. The predicted molar refractivity (Wildman–Crippen MR) is 105 cm³/mol. The lowest BCUT2D eigenvalue weighted by Crippen LogP contribution is -2.45. The number of hydrogen-bond acceptors (Lipinski definition) is 3. The normalized spacial score (nSPS) is 16.4. The lowest BCUT2D eigenvalue weighted by Gasteiger charge is -2.35. The molecule has 2 amide bonds. The highest BCUT2D eigenvalue weighted by atomic mass is 16.2. The number of piperidine rings is 1. The van der Waals surface area contributed by atoms with Crippen molar-refractivity contribution in [1.29, 1.82) is 0 Å². The molecule has 1 aromatic carbocycles. The number of hydrogen-bond donors (Lipinski definition) is 1. The van der Waals surface area contributed by atoms with Crippen molar-refractivity contribution in [2.24, 2.45) is 0 Å². The zero-order valence-corrected chi connectivity index (χ0v) is 16.5. The zero-order chi connectivity index (χ0) is 18.4. The first kappa shape index (κ1) is 19.7. The minimum Gasteiger partial charge on any atom is -0.326 e. The second-order valence-corrected chi connectivity index (χ2v) is 7.65. The largest absolute Gasteiger partial charge is 0.326 e. The molecule has 1 N–H and O–H groups in total. The van der Waals surface area contributed by atoms with E-state index < -0.39 is 0 Å². The van der Waals surface area contributed by atoms with Gasteiger partial charge in [-0.1, -0.05) is 26.0 Å². The van der Waals surface area contributed by atoms with E-state index in [1.165, 1.54) is 18.4 Å². The Hall–Kier alpha value is -1.59. The number of carbonyl (C=O) groups is 1. The summed E-state index contributed by atoms with van der Waals surface area (Å²) < 4.78 is 0.